The van der Waals surface area contributed by atoms with Crippen LogP contribution >= 0.6 is 0 Å². The number of para-hydroxylation sites is 1. The molecule has 8 heteroatoms. The summed E-state index contributed by atoms with van der Waals surface area (Å²) in [4.78, 5) is 44.4. The second-order valence-corrected chi connectivity index (χ2v) is 8.72. The minimum atomic E-state index is -1.14. The van der Waals surface area contributed by atoms with Gasteiger partial charge in [0.25, 0.3) is 0 Å². The normalized spacial score (nSPS) is 32.6. The van der Waals surface area contributed by atoms with E-state index in [-0.39, 0.29) is 30.6 Å². The Morgan fingerprint density at radius 1 is 1.00 bits per heavy atom. The smallest absolute Gasteiger partial charge is 0.250 e. The van der Waals surface area contributed by atoms with Crippen LogP contribution in [0.4, 0.5) is 11.4 Å². The van der Waals surface area contributed by atoms with Crippen LogP contribution in [0.3, 0.4) is 0 Å². The van der Waals surface area contributed by atoms with Crippen molar-refractivity contribution in [2.24, 2.45) is 11.8 Å². The van der Waals surface area contributed by atoms with E-state index in [0.29, 0.717) is 23.7 Å². The number of carbonyl (C=O) groups is 3. The van der Waals surface area contributed by atoms with E-state index in [1.54, 1.807) is 18.2 Å². The number of fused-ring (bicyclic) bond motifs is 8. The second-order valence-electron chi connectivity index (χ2n) is 8.72. The fourth-order valence-corrected chi connectivity index (χ4v) is 6.44. The Hall–Kier alpha value is -3.39. The van der Waals surface area contributed by atoms with Gasteiger partial charge < -0.3 is 14.8 Å². The lowest BCUT2D eigenvalue weighted by atomic mass is 9.75. The van der Waals surface area contributed by atoms with Crippen LogP contribution in [0.5, 0.6) is 11.5 Å². The molecule has 1 spiro atoms. The van der Waals surface area contributed by atoms with Crippen LogP contribution in [-0.2, 0) is 19.9 Å². The molecule has 31 heavy (non-hydrogen) atoms. The van der Waals surface area contributed by atoms with Gasteiger partial charge in [0.15, 0.2) is 11.5 Å². The lowest BCUT2D eigenvalue weighted by Crippen LogP contribution is -2.54. The van der Waals surface area contributed by atoms with Crippen molar-refractivity contribution in [2.75, 3.05) is 23.6 Å². The summed E-state index contributed by atoms with van der Waals surface area (Å²) >= 11 is 0. The number of nitrogens with one attached hydrogen (secondary N) is 1. The molecule has 5 heterocycles. The molecule has 0 aliphatic carbocycles. The van der Waals surface area contributed by atoms with E-state index in [2.05, 4.69) is 10.2 Å². The molecule has 2 aromatic carbocycles. The number of nitrogens with zero attached hydrogens (tertiary/aromatic N) is 2. The van der Waals surface area contributed by atoms with Crippen molar-refractivity contribution in [3.63, 3.8) is 0 Å². The average molecular weight is 417 g/mol. The Morgan fingerprint density at radius 2 is 1.84 bits per heavy atom. The number of rotatable bonds is 1. The van der Waals surface area contributed by atoms with E-state index in [1.165, 1.54) is 4.90 Å². The molecule has 0 saturated carbocycles. The van der Waals surface area contributed by atoms with E-state index in [1.807, 2.05) is 24.3 Å². The van der Waals surface area contributed by atoms with Gasteiger partial charge in [-0.05, 0) is 37.6 Å². The highest BCUT2D eigenvalue weighted by Gasteiger charge is 2.74. The van der Waals surface area contributed by atoms with Crippen LogP contribution in [0.2, 0.25) is 0 Å². The molecule has 8 nitrogen and oxygen atoms in total. The first-order chi connectivity index (χ1) is 15.1. The summed E-state index contributed by atoms with van der Waals surface area (Å²) in [6.45, 7) is 0.813. The molecule has 0 bridgehead atoms. The number of hydrogen-bond donors (Lipinski definition) is 1. The molecule has 0 aromatic heterocycles. The van der Waals surface area contributed by atoms with Gasteiger partial charge in [-0.25, -0.2) is 4.90 Å². The third kappa shape index (κ3) is 1.88. The first kappa shape index (κ1) is 17.3. The van der Waals surface area contributed by atoms with Crippen molar-refractivity contribution < 1.29 is 23.9 Å². The van der Waals surface area contributed by atoms with Crippen molar-refractivity contribution in [3.8, 4) is 11.5 Å². The molecule has 1 N–H and O–H groups in total. The molecule has 156 valence electrons. The summed E-state index contributed by atoms with van der Waals surface area (Å²) in [7, 11) is 0. The molecule has 7 rings (SSSR count). The summed E-state index contributed by atoms with van der Waals surface area (Å²) < 4.78 is 10.8. The maximum Gasteiger partial charge on any atom is 0.250 e. The molecule has 4 atom stereocenters. The van der Waals surface area contributed by atoms with E-state index in [0.717, 1.165) is 24.1 Å². The SMILES string of the molecule is O=C1[C@@H]2[C@@H]3CCCN3[C@@]3(C(=O)Nc4ccccc43)[C@H]2C(=O)N1c1ccc2c(c1)OCO2. The molecule has 2 aromatic rings. The van der Waals surface area contributed by atoms with Crippen molar-refractivity contribution >= 4 is 29.1 Å². The minimum absolute atomic E-state index is 0.114. The van der Waals surface area contributed by atoms with Gasteiger partial charge in [-0.15, -0.1) is 0 Å². The Bertz CT molecular complexity index is 1200. The third-order valence-corrected chi connectivity index (χ3v) is 7.51. The molecule has 3 amide bonds. The Morgan fingerprint density at radius 3 is 2.74 bits per heavy atom. The average Bonchev–Trinajstić information content (AvgIpc) is 3.54. The summed E-state index contributed by atoms with van der Waals surface area (Å²) in [5, 5.41) is 2.98. The standard InChI is InChI=1S/C23H19N3O5/c27-20-18-15-6-3-9-25(15)23(13-4-1-2-5-14(13)24-22(23)29)19(18)21(28)26(20)12-7-8-16-17(10-12)31-11-30-16/h1-2,4-5,7-8,10,15,18-19H,3,6,9,11H2,(H,24,29)/t15-,18+,19+,23+/m0/s1. The zero-order valence-corrected chi connectivity index (χ0v) is 16.5. The summed E-state index contributed by atoms with van der Waals surface area (Å²) in [5.41, 5.74) is 0.842. The number of imide groups is 1. The van der Waals surface area contributed by atoms with Gasteiger partial charge in [-0.3, -0.25) is 19.3 Å². The lowest BCUT2D eigenvalue weighted by molar-refractivity contribution is -0.135. The molecule has 3 saturated heterocycles. The van der Waals surface area contributed by atoms with Crippen LogP contribution in [-0.4, -0.2) is 42.0 Å². The monoisotopic (exact) mass is 417 g/mol. The van der Waals surface area contributed by atoms with E-state index < -0.39 is 17.4 Å². The van der Waals surface area contributed by atoms with Gasteiger partial charge in [0, 0.05) is 23.4 Å². The summed E-state index contributed by atoms with van der Waals surface area (Å²) in [6.07, 6.45) is 1.70. The predicted octanol–water partition coefficient (Wildman–Crippen LogP) is 1.85. The van der Waals surface area contributed by atoms with Crippen LogP contribution in [0.1, 0.15) is 18.4 Å². The highest BCUT2D eigenvalue weighted by molar-refractivity contribution is 6.26. The van der Waals surface area contributed by atoms with Crippen LogP contribution in [0.25, 0.3) is 0 Å². The minimum Gasteiger partial charge on any atom is -0.454 e. The number of carbonyl (C=O) groups excluding carboxylic acids is 3. The largest absolute Gasteiger partial charge is 0.454 e. The Balaban J connectivity index is 1.40. The first-order valence-electron chi connectivity index (χ1n) is 10.6. The number of benzene rings is 2. The molecule has 0 unspecified atom stereocenters. The Labute approximate surface area is 177 Å². The molecule has 0 radical (unpaired) electrons. The molecule has 3 fully saturated rings. The second kappa shape index (κ2) is 5.64. The fraction of sp³-hybridized carbons (Fsp3) is 0.348. The zero-order valence-electron chi connectivity index (χ0n) is 16.5. The van der Waals surface area contributed by atoms with Gasteiger partial charge in [0.2, 0.25) is 24.5 Å². The van der Waals surface area contributed by atoms with Crippen LogP contribution in [0.15, 0.2) is 42.5 Å². The number of anilines is 2. The predicted molar refractivity (Wildman–Crippen MR) is 109 cm³/mol. The maximum atomic E-state index is 13.9. The van der Waals surface area contributed by atoms with E-state index in [4.69, 9.17) is 9.47 Å². The van der Waals surface area contributed by atoms with Crippen molar-refractivity contribution in [3.05, 3.63) is 48.0 Å². The first-order valence-corrected chi connectivity index (χ1v) is 10.6. The van der Waals surface area contributed by atoms with Crippen LogP contribution < -0.4 is 19.7 Å². The highest BCUT2D eigenvalue weighted by atomic mass is 16.7. The van der Waals surface area contributed by atoms with Crippen molar-refractivity contribution in [1.82, 2.24) is 4.90 Å². The number of amides is 3. The van der Waals surface area contributed by atoms with Crippen molar-refractivity contribution in [1.29, 1.82) is 0 Å². The Kier molecular flexibility index (Phi) is 3.15. The molecular weight excluding hydrogens is 398 g/mol. The molecular formula is C23H19N3O5. The van der Waals surface area contributed by atoms with Gasteiger partial charge in [0.1, 0.15) is 5.54 Å². The lowest BCUT2D eigenvalue weighted by Gasteiger charge is -2.36. The quantitative estimate of drug-likeness (QED) is 0.713. The third-order valence-electron chi connectivity index (χ3n) is 7.51. The number of hydrogen-bond acceptors (Lipinski definition) is 6. The summed E-state index contributed by atoms with van der Waals surface area (Å²) in [6, 6.07) is 12.5. The zero-order chi connectivity index (χ0) is 20.9. The number of ether oxygens (including phenoxy) is 2. The maximum absolute atomic E-state index is 13.9. The van der Waals surface area contributed by atoms with Gasteiger partial charge >= 0.3 is 0 Å². The highest BCUT2D eigenvalue weighted by Crippen LogP contribution is 2.60. The van der Waals surface area contributed by atoms with Gasteiger partial charge in [-0.2, -0.15) is 0 Å². The van der Waals surface area contributed by atoms with Crippen LogP contribution in [0, 0.1) is 11.8 Å². The molecule has 5 aliphatic rings. The van der Waals surface area contributed by atoms with Gasteiger partial charge in [0.05, 0.1) is 17.5 Å². The van der Waals surface area contributed by atoms with Gasteiger partial charge in [-0.1, -0.05) is 18.2 Å². The topological polar surface area (TPSA) is 88.2 Å². The van der Waals surface area contributed by atoms with Crippen molar-refractivity contribution in [2.45, 2.75) is 24.4 Å². The fourth-order valence-electron chi connectivity index (χ4n) is 6.44. The summed E-state index contributed by atoms with van der Waals surface area (Å²) in [5.74, 6) is -0.963. The molecule has 5 aliphatic heterocycles. The van der Waals surface area contributed by atoms with E-state index in [9.17, 15) is 14.4 Å². The van der Waals surface area contributed by atoms with E-state index >= 15 is 0 Å².